The summed E-state index contributed by atoms with van der Waals surface area (Å²) in [7, 11) is 0. The molecule has 0 aromatic carbocycles. The van der Waals surface area contributed by atoms with Gasteiger partial charge < -0.3 is 10.2 Å². The van der Waals surface area contributed by atoms with Crippen molar-refractivity contribution >= 4 is 17.7 Å². The van der Waals surface area contributed by atoms with Gasteiger partial charge in [-0.3, -0.25) is 0 Å². The third-order valence-electron chi connectivity index (χ3n) is 3.00. The highest BCUT2D eigenvalue weighted by Crippen LogP contribution is 2.39. The van der Waals surface area contributed by atoms with Crippen molar-refractivity contribution in [1.82, 2.24) is 9.97 Å². The number of aliphatic hydroxyl groups excluding tert-OH is 1. The van der Waals surface area contributed by atoms with E-state index in [1.807, 2.05) is 0 Å². The summed E-state index contributed by atoms with van der Waals surface area (Å²) in [5.74, 6) is 0.831. The average Bonchev–Trinajstić information content (AvgIpc) is 3.10. The minimum Gasteiger partial charge on any atom is -0.478 e. The van der Waals surface area contributed by atoms with Gasteiger partial charge in [0.2, 0.25) is 0 Å². The third kappa shape index (κ3) is 3.67. The van der Waals surface area contributed by atoms with Crippen LogP contribution in [0.25, 0.3) is 0 Å². The zero-order chi connectivity index (χ0) is 14.0. The standard InChI is InChI=1S/C13H18N2O3S/c1-7(16)5-6-19-12-10(13(17)18)8(2)14-11(15-12)9-3-4-9/h7,9,16H,3-6H2,1-2H3,(H,17,18). The highest BCUT2D eigenvalue weighted by atomic mass is 32.2. The van der Waals surface area contributed by atoms with Crippen LogP contribution in [0, 0.1) is 6.92 Å². The first-order chi connectivity index (χ1) is 8.99. The molecule has 1 aliphatic carbocycles. The van der Waals surface area contributed by atoms with E-state index in [1.54, 1.807) is 13.8 Å². The van der Waals surface area contributed by atoms with Gasteiger partial charge in [-0.25, -0.2) is 14.8 Å². The monoisotopic (exact) mass is 282 g/mol. The lowest BCUT2D eigenvalue weighted by molar-refractivity contribution is 0.0690. The molecule has 0 amide bonds. The van der Waals surface area contributed by atoms with Gasteiger partial charge in [0, 0.05) is 11.7 Å². The Kier molecular flexibility index (Phi) is 4.42. The number of aromatic carboxylic acids is 1. The number of thioether (sulfide) groups is 1. The Labute approximate surface area is 116 Å². The van der Waals surface area contributed by atoms with Crippen molar-refractivity contribution in [3.8, 4) is 0 Å². The van der Waals surface area contributed by atoms with Crippen molar-refractivity contribution < 1.29 is 15.0 Å². The predicted molar refractivity (Wildman–Crippen MR) is 72.7 cm³/mol. The van der Waals surface area contributed by atoms with Gasteiger partial charge >= 0.3 is 5.97 Å². The molecule has 1 unspecified atom stereocenters. The largest absolute Gasteiger partial charge is 0.478 e. The van der Waals surface area contributed by atoms with Crippen LogP contribution < -0.4 is 0 Å². The van der Waals surface area contributed by atoms with Gasteiger partial charge in [-0.2, -0.15) is 0 Å². The van der Waals surface area contributed by atoms with Crippen molar-refractivity contribution in [2.75, 3.05) is 5.75 Å². The molecule has 104 valence electrons. The van der Waals surface area contributed by atoms with Gasteiger partial charge in [-0.1, -0.05) is 0 Å². The molecule has 1 aromatic rings. The maximum Gasteiger partial charge on any atom is 0.340 e. The topological polar surface area (TPSA) is 83.3 Å². The summed E-state index contributed by atoms with van der Waals surface area (Å²) in [5, 5.41) is 19.0. The second kappa shape index (κ2) is 5.88. The number of aliphatic hydroxyl groups is 1. The molecule has 0 saturated heterocycles. The smallest absolute Gasteiger partial charge is 0.340 e. The number of hydrogen-bond acceptors (Lipinski definition) is 5. The summed E-state index contributed by atoms with van der Waals surface area (Å²) in [6.45, 7) is 3.44. The number of aryl methyl sites for hydroxylation is 1. The van der Waals surface area contributed by atoms with Crippen molar-refractivity contribution in [2.45, 2.75) is 50.2 Å². The van der Waals surface area contributed by atoms with Crippen LogP contribution >= 0.6 is 11.8 Å². The fourth-order valence-corrected chi connectivity index (χ4v) is 2.96. The molecule has 0 bridgehead atoms. The van der Waals surface area contributed by atoms with Crippen LogP contribution in [0.2, 0.25) is 0 Å². The van der Waals surface area contributed by atoms with Crippen molar-refractivity contribution in [1.29, 1.82) is 0 Å². The van der Waals surface area contributed by atoms with Gasteiger partial charge in [0.25, 0.3) is 0 Å². The molecule has 2 rings (SSSR count). The first-order valence-electron chi connectivity index (χ1n) is 6.41. The summed E-state index contributed by atoms with van der Waals surface area (Å²) >= 11 is 1.39. The summed E-state index contributed by atoms with van der Waals surface area (Å²) in [6.07, 6.45) is 2.41. The van der Waals surface area contributed by atoms with Gasteiger partial charge in [-0.05, 0) is 33.1 Å². The van der Waals surface area contributed by atoms with Crippen molar-refractivity contribution in [2.24, 2.45) is 0 Å². The lowest BCUT2D eigenvalue weighted by Crippen LogP contribution is -2.10. The number of nitrogens with zero attached hydrogens (tertiary/aromatic N) is 2. The second-order valence-electron chi connectivity index (χ2n) is 4.91. The molecule has 1 fully saturated rings. The average molecular weight is 282 g/mol. The van der Waals surface area contributed by atoms with Crippen molar-refractivity contribution in [3.05, 3.63) is 17.1 Å². The van der Waals surface area contributed by atoms with E-state index >= 15 is 0 Å². The number of hydrogen-bond donors (Lipinski definition) is 2. The maximum atomic E-state index is 11.3. The molecule has 0 aliphatic heterocycles. The normalized spacial score (nSPS) is 16.4. The Hall–Kier alpha value is -1.14. The van der Waals surface area contributed by atoms with E-state index in [-0.39, 0.29) is 11.7 Å². The molecule has 0 spiro atoms. The SMILES string of the molecule is Cc1nc(C2CC2)nc(SCCC(C)O)c1C(=O)O. The number of carbonyl (C=O) groups is 1. The van der Waals surface area contributed by atoms with E-state index in [0.29, 0.717) is 28.8 Å². The molecule has 2 N–H and O–H groups in total. The lowest BCUT2D eigenvalue weighted by Gasteiger charge is -2.10. The summed E-state index contributed by atoms with van der Waals surface area (Å²) in [5.41, 5.74) is 0.726. The molecule has 5 nitrogen and oxygen atoms in total. The van der Waals surface area contributed by atoms with Crippen LogP contribution in [0.4, 0.5) is 0 Å². The Balaban J connectivity index is 2.23. The zero-order valence-electron chi connectivity index (χ0n) is 11.1. The Morgan fingerprint density at radius 3 is 2.68 bits per heavy atom. The van der Waals surface area contributed by atoms with E-state index in [9.17, 15) is 15.0 Å². The molecule has 1 heterocycles. The van der Waals surface area contributed by atoms with E-state index in [2.05, 4.69) is 9.97 Å². The zero-order valence-corrected chi connectivity index (χ0v) is 11.9. The van der Waals surface area contributed by atoms with Crippen LogP contribution in [0.15, 0.2) is 5.03 Å². The minimum absolute atomic E-state index is 0.194. The maximum absolute atomic E-state index is 11.3. The molecule has 19 heavy (non-hydrogen) atoms. The van der Waals surface area contributed by atoms with Gasteiger partial charge in [0.15, 0.2) is 0 Å². The number of rotatable bonds is 6. The number of aromatic nitrogens is 2. The molecule has 1 saturated carbocycles. The lowest BCUT2D eigenvalue weighted by atomic mass is 10.2. The van der Waals surface area contributed by atoms with Gasteiger partial charge in [0.05, 0.1) is 11.8 Å². The van der Waals surface area contributed by atoms with Gasteiger partial charge in [-0.15, -0.1) is 11.8 Å². The van der Waals surface area contributed by atoms with Crippen LogP contribution in [-0.4, -0.2) is 38.0 Å². The summed E-state index contributed by atoms with van der Waals surface area (Å²) in [6, 6.07) is 0. The van der Waals surface area contributed by atoms with Crippen LogP contribution in [0.5, 0.6) is 0 Å². The van der Waals surface area contributed by atoms with Crippen LogP contribution in [-0.2, 0) is 0 Å². The predicted octanol–water partition coefficient (Wildman–Crippen LogP) is 2.22. The molecule has 0 radical (unpaired) electrons. The fourth-order valence-electron chi connectivity index (χ4n) is 1.77. The Morgan fingerprint density at radius 1 is 1.47 bits per heavy atom. The Morgan fingerprint density at radius 2 is 2.16 bits per heavy atom. The van der Waals surface area contributed by atoms with Gasteiger partial charge in [0.1, 0.15) is 16.4 Å². The van der Waals surface area contributed by atoms with E-state index in [4.69, 9.17) is 0 Å². The molecule has 1 aliphatic rings. The molecule has 1 atom stereocenters. The quantitative estimate of drug-likeness (QED) is 0.615. The Bertz CT molecular complexity index is 487. The minimum atomic E-state index is -0.987. The third-order valence-corrected chi connectivity index (χ3v) is 4.01. The van der Waals surface area contributed by atoms with Crippen molar-refractivity contribution in [3.63, 3.8) is 0 Å². The fraction of sp³-hybridized carbons (Fsp3) is 0.615. The van der Waals surface area contributed by atoms with Crippen LogP contribution in [0.1, 0.15) is 54.0 Å². The first-order valence-corrected chi connectivity index (χ1v) is 7.40. The highest BCUT2D eigenvalue weighted by Gasteiger charge is 2.29. The number of carboxylic acids is 1. The molecular weight excluding hydrogens is 264 g/mol. The molecule has 6 heteroatoms. The summed E-state index contributed by atoms with van der Waals surface area (Å²) in [4.78, 5) is 20.0. The van der Waals surface area contributed by atoms with Crippen LogP contribution in [0.3, 0.4) is 0 Å². The van der Waals surface area contributed by atoms with E-state index < -0.39 is 5.97 Å². The van der Waals surface area contributed by atoms with E-state index in [1.165, 1.54) is 11.8 Å². The highest BCUT2D eigenvalue weighted by molar-refractivity contribution is 7.99. The second-order valence-corrected chi connectivity index (χ2v) is 6.00. The summed E-state index contributed by atoms with van der Waals surface area (Å²) < 4.78 is 0. The number of carboxylic acid groups (broad SMARTS) is 1. The van der Waals surface area contributed by atoms with E-state index in [0.717, 1.165) is 18.7 Å². The molecule has 1 aromatic heterocycles. The molecular formula is C13H18N2O3S. The first kappa shape index (κ1) is 14.3.